The molecule has 0 unspecified atom stereocenters. The molecule has 4 amide bonds. The van der Waals surface area contributed by atoms with Gasteiger partial charge in [0, 0.05) is 35.6 Å². The number of pyridine rings is 2. The smallest absolute Gasteiger partial charge is 0.408 e. The molecule has 65 heavy (non-hydrogen) atoms. The van der Waals surface area contributed by atoms with E-state index in [0.717, 1.165) is 31.1 Å². The summed E-state index contributed by atoms with van der Waals surface area (Å²) in [4.78, 5) is 68.4. The number of carbonyl (C=O) groups excluding carboxylic acids is 4. The SMILES string of the molecule is COc1ccc2c(O[C@@H]3C[C@H]4C(=O)N[C@]5(C(=O)NS(=O)(=O)C6CC6)C[C@H]5/C=C\CC[C@H](C)C[C@@H](C)[C@H](NC(=O)O[C@@H]5C[C@@H]6C[C@@H]6C5)C(=O)N4C3)nc(-c3ccc(OC(C)C)nc3)cc2c1. The van der Waals surface area contributed by atoms with E-state index in [-0.39, 0.29) is 49.3 Å². The van der Waals surface area contributed by atoms with Crippen LogP contribution in [0, 0.1) is 29.6 Å². The summed E-state index contributed by atoms with van der Waals surface area (Å²) in [6.45, 7) is 7.82. The number of methoxy groups -OCH3 is 1. The van der Waals surface area contributed by atoms with Gasteiger partial charge in [0.25, 0.3) is 5.91 Å². The Morgan fingerprint density at radius 1 is 0.969 bits per heavy atom. The Labute approximate surface area is 380 Å². The predicted octanol–water partition coefficient (Wildman–Crippen LogP) is 5.83. The molecule has 1 saturated heterocycles. The number of nitrogens with one attached hydrogen (secondary N) is 3. The summed E-state index contributed by atoms with van der Waals surface area (Å²) in [5.41, 5.74) is -0.290. The average Bonchev–Trinajstić information content (AvgIpc) is 4.23. The molecular weight excluding hydrogens is 853 g/mol. The lowest BCUT2D eigenvalue weighted by Gasteiger charge is -2.33. The summed E-state index contributed by atoms with van der Waals surface area (Å²) >= 11 is 0. The Morgan fingerprint density at radius 3 is 2.46 bits per heavy atom. The third-order valence-corrected chi connectivity index (χ3v) is 15.9. The Hall–Kier alpha value is -5.45. The van der Waals surface area contributed by atoms with Gasteiger partial charge in [-0.05, 0) is 131 Å². The minimum absolute atomic E-state index is 0.00923. The fraction of sp³-hybridized carbons (Fsp3) is 0.583. The number of aromatic nitrogens is 2. The molecule has 3 N–H and O–H groups in total. The molecular formula is C48H60N6O10S. The number of hydrogen-bond donors (Lipinski definition) is 3. The van der Waals surface area contributed by atoms with Crippen molar-refractivity contribution in [3.63, 3.8) is 0 Å². The van der Waals surface area contributed by atoms with Crippen LogP contribution in [0.1, 0.15) is 91.9 Å². The van der Waals surface area contributed by atoms with E-state index in [1.807, 2.05) is 57.2 Å². The lowest BCUT2D eigenvalue weighted by Crippen LogP contribution is -2.59. The largest absolute Gasteiger partial charge is 0.497 e. The maximum absolute atomic E-state index is 15.2. The van der Waals surface area contributed by atoms with Crippen molar-refractivity contribution in [2.75, 3.05) is 13.7 Å². The Bertz CT molecular complexity index is 2470. The molecule has 348 valence electrons. The van der Waals surface area contributed by atoms with E-state index < -0.39 is 68.7 Å². The average molecular weight is 913 g/mol. The third-order valence-electron chi connectivity index (χ3n) is 14.0. The molecule has 0 radical (unpaired) electrons. The highest BCUT2D eigenvalue weighted by Crippen LogP contribution is 2.52. The molecule has 0 spiro atoms. The Morgan fingerprint density at radius 2 is 1.75 bits per heavy atom. The minimum Gasteiger partial charge on any atom is -0.497 e. The van der Waals surface area contributed by atoms with Crippen LogP contribution in [0.3, 0.4) is 0 Å². The summed E-state index contributed by atoms with van der Waals surface area (Å²) in [6.07, 6.45) is 9.78. The van der Waals surface area contributed by atoms with E-state index in [0.29, 0.717) is 65.8 Å². The number of nitrogens with zero attached hydrogens (tertiary/aromatic N) is 3. The molecule has 4 saturated carbocycles. The molecule has 9 rings (SSSR count). The van der Waals surface area contributed by atoms with Gasteiger partial charge < -0.3 is 34.5 Å². The van der Waals surface area contributed by atoms with Crippen LogP contribution >= 0.6 is 0 Å². The Balaban J connectivity index is 1.05. The van der Waals surface area contributed by atoms with Crippen LogP contribution in [0.2, 0.25) is 0 Å². The van der Waals surface area contributed by atoms with Crippen LogP contribution in [0.5, 0.6) is 17.5 Å². The molecule has 2 aromatic heterocycles. The normalized spacial score (nSPS) is 31.6. The van der Waals surface area contributed by atoms with Crippen LogP contribution in [-0.4, -0.2) is 102 Å². The van der Waals surface area contributed by atoms with Gasteiger partial charge in [0.1, 0.15) is 35.6 Å². The van der Waals surface area contributed by atoms with E-state index in [4.69, 9.17) is 23.9 Å². The third kappa shape index (κ3) is 9.75. The number of carbonyl (C=O) groups is 4. The molecule has 17 heteroatoms. The second-order valence-electron chi connectivity index (χ2n) is 19.6. The lowest BCUT2D eigenvalue weighted by atomic mass is 9.88. The maximum atomic E-state index is 15.2. The molecule has 2 aliphatic heterocycles. The second-order valence-corrected chi connectivity index (χ2v) is 21.5. The van der Waals surface area contributed by atoms with Crippen molar-refractivity contribution in [2.45, 2.75) is 133 Å². The summed E-state index contributed by atoms with van der Waals surface area (Å²) in [6, 6.07) is 8.83. The zero-order valence-corrected chi connectivity index (χ0v) is 38.5. The Kier molecular flexibility index (Phi) is 12.2. The van der Waals surface area contributed by atoms with Crippen LogP contribution in [0.25, 0.3) is 22.0 Å². The van der Waals surface area contributed by atoms with Crippen molar-refractivity contribution in [1.29, 1.82) is 0 Å². The van der Waals surface area contributed by atoms with Crippen molar-refractivity contribution < 1.29 is 46.5 Å². The van der Waals surface area contributed by atoms with Crippen molar-refractivity contribution in [3.05, 3.63) is 54.7 Å². The van der Waals surface area contributed by atoms with Crippen molar-refractivity contribution in [3.8, 4) is 28.8 Å². The predicted molar refractivity (Wildman–Crippen MR) is 240 cm³/mol. The molecule has 6 aliphatic rings. The molecule has 4 aliphatic carbocycles. The second kappa shape index (κ2) is 17.7. The fourth-order valence-electron chi connectivity index (χ4n) is 10.1. The van der Waals surface area contributed by atoms with Gasteiger partial charge >= 0.3 is 6.09 Å². The highest BCUT2D eigenvalue weighted by atomic mass is 32.2. The van der Waals surface area contributed by atoms with E-state index in [2.05, 4.69) is 27.3 Å². The van der Waals surface area contributed by atoms with Crippen LogP contribution in [-0.2, 0) is 29.1 Å². The molecule has 1 aromatic carbocycles. The van der Waals surface area contributed by atoms with Crippen LogP contribution < -0.4 is 29.6 Å². The highest BCUT2D eigenvalue weighted by molar-refractivity contribution is 7.91. The molecule has 5 fully saturated rings. The summed E-state index contributed by atoms with van der Waals surface area (Å²) in [5.74, 6) is -0.0477. The monoisotopic (exact) mass is 912 g/mol. The first kappa shape index (κ1) is 44.7. The first-order valence-corrected chi connectivity index (χ1v) is 24.7. The standard InChI is InChI=1S/C48H60N6O10S/c1-26(2)62-41-15-10-29(24-49-41)39-21-32-20-34(61-5)11-14-38(32)44(50-39)63-36-22-40-43(55)52-48(46(57)53-65(59,60)37-12-13-37)23-33(48)9-7-6-8-27(3)16-28(4)42(45(56)54(40)25-36)51-47(58)64-35-18-30-17-31(30)19-35/h7,9-11,14-15,20-21,24,26-28,30-31,33,35-37,40,42H,6,8,12-13,16-19,22-23,25H2,1-5H3,(H,51,58)(H,52,55)(H,53,57)/b9-7-/t27-,28+,30-,31+,33+,35+,36+,40-,42-,48+/m0/s1. The maximum Gasteiger partial charge on any atom is 0.408 e. The number of ether oxygens (including phenoxy) is 4. The molecule has 0 bridgehead atoms. The van der Waals surface area contributed by atoms with Crippen molar-refractivity contribution in [2.24, 2.45) is 29.6 Å². The molecule has 10 atom stereocenters. The number of amides is 4. The topological polar surface area (TPSA) is 204 Å². The van der Waals surface area contributed by atoms with Crippen LogP contribution in [0.15, 0.2) is 54.7 Å². The van der Waals surface area contributed by atoms with Crippen LogP contribution in [0.4, 0.5) is 4.79 Å². The summed E-state index contributed by atoms with van der Waals surface area (Å²) in [5, 5.41) is 6.65. The van der Waals surface area contributed by atoms with Gasteiger partial charge in [-0.15, -0.1) is 0 Å². The van der Waals surface area contributed by atoms with Gasteiger partial charge in [0.05, 0.1) is 30.7 Å². The fourth-order valence-corrected chi connectivity index (χ4v) is 11.5. The van der Waals surface area contributed by atoms with Gasteiger partial charge in [0.2, 0.25) is 33.6 Å². The van der Waals surface area contributed by atoms with Gasteiger partial charge in [-0.3, -0.25) is 19.1 Å². The van der Waals surface area contributed by atoms with E-state index in [9.17, 15) is 22.8 Å². The quantitative estimate of drug-likeness (QED) is 0.195. The van der Waals surface area contributed by atoms with Crippen molar-refractivity contribution in [1.82, 2.24) is 30.2 Å². The number of alkyl carbamates (subject to hydrolysis) is 1. The number of allylic oxidation sites excluding steroid dienone is 1. The number of sulfonamides is 1. The van der Waals surface area contributed by atoms with Gasteiger partial charge in [0.15, 0.2) is 0 Å². The van der Waals surface area contributed by atoms with E-state index >= 15 is 4.79 Å². The number of hydrogen-bond acceptors (Lipinski definition) is 12. The van der Waals surface area contributed by atoms with Crippen molar-refractivity contribution >= 4 is 44.6 Å². The lowest BCUT2D eigenvalue weighted by molar-refractivity contribution is -0.142. The number of rotatable bonds is 11. The highest BCUT2D eigenvalue weighted by Gasteiger charge is 2.62. The summed E-state index contributed by atoms with van der Waals surface area (Å²) < 4.78 is 52.3. The van der Waals surface area contributed by atoms with Gasteiger partial charge in [-0.2, -0.15) is 0 Å². The number of fused-ring (bicyclic) bond motifs is 4. The molecule has 4 heterocycles. The molecule has 16 nitrogen and oxygen atoms in total. The number of benzene rings is 1. The molecule has 3 aromatic rings. The van der Waals surface area contributed by atoms with E-state index in [1.165, 1.54) is 4.90 Å². The van der Waals surface area contributed by atoms with E-state index in [1.54, 1.807) is 25.4 Å². The zero-order chi connectivity index (χ0) is 45.8. The summed E-state index contributed by atoms with van der Waals surface area (Å²) in [7, 11) is -2.35. The van der Waals surface area contributed by atoms with Gasteiger partial charge in [-0.25, -0.2) is 23.2 Å². The first-order chi connectivity index (χ1) is 31.1. The zero-order valence-electron chi connectivity index (χ0n) is 37.7. The van der Waals surface area contributed by atoms with Gasteiger partial charge in [-0.1, -0.05) is 26.0 Å². The minimum atomic E-state index is -3.93. The first-order valence-electron chi connectivity index (χ1n) is 23.2.